The molecule has 0 heterocycles. The average molecular weight is 364 g/mol. The first-order valence-electron chi connectivity index (χ1n) is 8.88. The molecule has 2 rings (SSSR count). The smallest absolute Gasteiger partial charge is 0.333 e. The highest BCUT2D eigenvalue weighted by Gasteiger charge is 2.18. The van der Waals surface area contributed by atoms with Gasteiger partial charge in [-0.25, -0.2) is 4.79 Å². The zero-order valence-electron chi connectivity index (χ0n) is 15.6. The van der Waals surface area contributed by atoms with E-state index in [1.54, 1.807) is 6.92 Å². The van der Waals surface area contributed by atoms with E-state index in [1.165, 1.54) is 0 Å². The number of carboxylic acid groups (broad SMARTS) is 1. The minimum Gasteiger partial charge on any atom is -0.489 e. The molecule has 0 amide bonds. The third-order valence-electron chi connectivity index (χ3n) is 3.78. The molecule has 1 unspecified atom stereocenters. The van der Waals surface area contributed by atoms with E-state index in [0.29, 0.717) is 25.4 Å². The zero-order valence-corrected chi connectivity index (χ0v) is 15.6. The van der Waals surface area contributed by atoms with Gasteiger partial charge in [-0.3, -0.25) is 0 Å². The van der Waals surface area contributed by atoms with E-state index in [-0.39, 0.29) is 0 Å². The van der Waals surface area contributed by atoms with E-state index < -0.39 is 12.1 Å². The molecule has 1 N–H and O–H groups in total. The Kier molecular flexibility index (Phi) is 8.15. The first kappa shape index (κ1) is 20.3. The van der Waals surface area contributed by atoms with Crippen LogP contribution in [0.2, 0.25) is 0 Å². The van der Waals surface area contributed by atoms with E-state index >= 15 is 0 Å². The van der Waals surface area contributed by atoms with E-state index in [2.05, 4.69) is 11.8 Å². The second-order valence-corrected chi connectivity index (χ2v) is 5.95. The van der Waals surface area contributed by atoms with Crippen molar-refractivity contribution in [3.05, 3.63) is 77.4 Å². The largest absolute Gasteiger partial charge is 0.489 e. The van der Waals surface area contributed by atoms with Crippen LogP contribution >= 0.6 is 0 Å². The van der Waals surface area contributed by atoms with Gasteiger partial charge in [0.1, 0.15) is 12.4 Å². The molecule has 2 aromatic carbocycles. The summed E-state index contributed by atoms with van der Waals surface area (Å²) in [5.41, 5.74) is 2.76. The lowest BCUT2D eigenvalue weighted by atomic mass is 10.1. The minimum absolute atomic E-state index is 0.303. The molecule has 2 aromatic rings. The molecular weight excluding hydrogens is 340 g/mol. The van der Waals surface area contributed by atoms with Crippen molar-refractivity contribution in [3.63, 3.8) is 0 Å². The van der Waals surface area contributed by atoms with Gasteiger partial charge in [0.25, 0.3) is 0 Å². The van der Waals surface area contributed by atoms with Crippen LogP contribution in [0, 0.1) is 11.8 Å². The zero-order chi connectivity index (χ0) is 19.5. The third-order valence-corrected chi connectivity index (χ3v) is 3.78. The molecule has 0 aliphatic carbocycles. The first-order chi connectivity index (χ1) is 13.1. The van der Waals surface area contributed by atoms with Crippen molar-refractivity contribution in [2.75, 3.05) is 13.2 Å². The van der Waals surface area contributed by atoms with Gasteiger partial charge in [0, 0.05) is 18.6 Å². The molecule has 0 aromatic heterocycles. The summed E-state index contributed by atoms with van der Waals surface area (Å²) >= 11 is 0. The number of benzene rings is 2. The summed E-state index contributed by atoms with van der Waals surface area (Å²) in [7, 11) is 0. The summed E-state index contributed by atoms with van der Waals surface area (Å²) in [4.78, 5) is 11.2. The Morgan fingerprint density at radius 1 is 1.19 bits per heavy atom. The molecule has 0 aliphatic heterocycles. The van der Waals surface area contributed by atoms with Gasteiger partial charge in [-0.05, 0) is 55.3 Å². The number of rotatable bonds is 8. The summed E-state index contributed by atoms with van der Waals surface area (Å²) in [6.07, 6.45) is 1.38. The number of allylic oxidation sites excluding steroid dienone is 1. The molecule has 27 heavy (non-hydrogen) atoms. The Morgan fingerprint density at radius 2 is 1.96 bits per heavy atom. The van der Waals surface area contributed by atoms with Crippen molar-refractivity contribution < 1.29 is 19.4 Å². The van der Waals surface area contributed by atoms with Gasteiger partial charge in [0.05, 0.1) is 0 Å². The number of ether oxygens (including phenoxy) is 2. The molecule has 140 valence electrons. The monoisotopic (exact) mass is 364 g/mol. The lowest BCUT2D eigenvalue weighted by Gasteiger charge is -2.13. The van der Waals surface area contributed by atoms with Gasteiger partial charge < -0.3 is 14.6 Å². The summed E-state index contributed by atoms with van der Waals surface area (Å²) in [6.45, 7) is 4.48. The fourth-order valence-electron chi connectivity index (χ4n) is 2.40. The Hall–Kier alpha value is -3.03. The Labute approximate surface area is 160 Å². The van der Waals surface area contributed by atoms with Gasteiger partial charge in [0.15, 0.2) is 6.10 Å². The highest BCUT2D eigenvalue weighted by atomic mass is 16.5. The van der Waals surface area contributed by atoms with Crippen LogP contribution in [-0.4, -0.2) is 30.4 Å². The van der Waals surface area contributed by atoms with Gasteiger partial charge in [-0.15, -0.1) is 0 Å². The lowest BCUT2D eigenvalue weighted by Crippen LogP contribution is -2.26. The van der Waals surface area contributed by atoms with E-state index in [0.717, 1.165) is 16.7 Å². The Morgan fingerprint density at radius 3 is 2.67 bits per heavy atom. The Balaban J connectivity index is 1.92. The average Bonchev–Trinajstić information content (AvgIpc) is 2.67. The highest BCUT2D eigenvalue weighted by molar-refractivity contribution is 5.72. The number of aliphatic carboxylic acids is 1. The Bertz CT molecular complexity index is 828. The fraction of sp³-hybridized carbons (Fsp3) is 0.261. The van der Waals surface area contributed by atoms with Crippen LogP contribution in [0.1, 0.15) is 25.0 Å². The minimum atomic E-state index is -0.960. The van der Waals surface area contributed by atoms with Gasteiger partial charge >= 0.3 is 5.97 Å². The quantitative estimate of drug-likeness (QED) is 0.717. The van der Waals surface area contributed by atoms with Crippen LogP contribution in [0.5, 0.6) is 5.75 Å². The van der Waals surface area contributed by atoms with Crippen LogP contribution < -0.4 is 4.74 Å². The van der Waals surface area contributed by atoms with Crippen molar-refractivity contribution in [1.29, 1.82) is 0 Å². The van der Waals surface area contributed by atoms with E-state index in [1.807, 2.05) is 67.6 Å². The van der Waals surface area contributed by atoms with Crippen LogP contribution in [0.3, 0.4) is 0 Å². The van der Waals surface area contributed by atoms with Crippen molar-refractivity contribution in [1.82, 2.24) is 0 Å². The SMILES string of the molecule is CCOC(Cc1cccc(OC/C=C(\C)C#Cc2ccccc2)c1)C(=O)O. The molecule has 0 fully saturated rings. The van der Waals surface area contributed by atoms with Gasteiger partial charge in [-0.1, -0.05) is 42.2 Å². The molecule has 0 radical (unpaired) electrons. The van der Waals surface area contributed by atoms with Crippen LogP contribution in [-0.2, 0) is 16.0 Å². The third kappa shape index (κ3) is 7.39. The summed E-state index contributed by atoms with van der Waals surface area (Å²) in [5.74, 6) is 5.93. The van der Waals surface area contributed by atoms with Gasteiger partial charge in [-0.2, -0.15) is 0 Å². The maximum atomic E-state index is 11.2. The van der Waals surface area contributed by atoms with Crippen LogP contribution in [0.25, 0.3) is 0 Å². The summed E-state index contributed by atoms with van der Waals surface area (Å²) in [5, 5.41) is 9.19. The predicted octanol–water partition coefficient (Wildman–Crippen LogP) is 4.10. The molecule has 0 saturated carbocycles. The lowest BCUT2D eigenvalue weighted by molar-refractivity contribution is -0.149. The summed E-state index contributed by atoms with van der Waals surface area (Å²) in [6, 6.07) is 17.2. The van der Waals surface area contributed by atoms with Crippen LogP contribution in [0.15, 0.2) is 66.2 Å². The maximum absolute atomic E-state index is 11.2. The normalized spacial score (nSPS) is 12.0. The highest BCUT2D eigenvalue weighted by Crippen LogP contribution is 2.16. The maximum Gasteiger partial charge on any atom is 0.333 e. The topological polar surface area (TPSA) is 55.8 Å². The molecule has 0 saturated heterocycles. The van der Waals surface area contributed by atoms with Crippen LogP contribution in [0.4, 0.5) is 0 Å². The summed E-state index contributed by atoms with van der Waals surface area (Å²) < 4.78 is 11.0. The van der Waals surface area contributed by atoms with Crippen molar-refractivity contribution >= 4 is 5.97 Å². The standard InChI is InChI=1S/C23H24O4/c1-3-26-22(23(24)25)17-20-10-7-11-21(16-20)27-15-14-18(2)12-13-19-8-5-4-6-9-19/h4-11,14,16,22H,3,15,17H2,1-2H3,(H,24,25)/b18-14+. The molecular formula is C23H24O4. The molecule has 4 nitrogen and oxygen atoms in total. The van der Waals surface area contributed by atoms with Crippen molar-refractivity contribution in [3.8, 4) is 17.6 Å². The fourth-order valence-corrected chi connectivity index (χ4v) is 2.40. The number of hydrogen-bond donors (Lipinski definition) is 1. The molecule has 0 bridgehead atoms. The molecule has 0 aliphatic rings. The molecule has 0 spiro atoms. The molecule has 1 atom stereocenters. The van der Waals surface area contributed by atoms with E-state index in [9.17, 15) is 9.90 Å². The first-order valence-corrected chi connectivity index (χ1v) is 8.88. The second-order valence-electron chi connectivity index (χ2n) is 5.95. The number of carbonyl (C=O) groups is 1. The number of carboxylic acids is 1. The van der Waals surface area contributed by atoms with Crippen molar-refractivity contribution in [2.45, 2.75) is 26.4 Å². The van der Waals surface area contributed by atoms with Crippen molar-refractivity contribution in [2.24, 2.45) is 0 Å². The number of hydrogen-bond acceptors (Lipinski definition) is 3. The van der Waals surface area contributed by atoms with E-state index in [4.69, 9.17) is 9.47 Å². The molecule has 4 heteroatoms. The van der Waals surface area contributed by atoms with Gasteiger partial charge in [0.2, 0.25) is 0 Å². The second kappa shape index (κ2) is 10.8. The predicted molar refractivity (Wildman–Crippen MR) is 106 cm³/mol.